The molecular weight excluding hydrogens is 499 g/mol. The van der Waals surface area contributed by atoms with Gasteiger partial charge in [0.15, 0.2) is 0 Å². The maximum Gasteiger partial charge on any atom is 0.236 e. The summed E-state index contributed by atoms with van der Waals surface area (Å²) in [6.45, 7) is 6.25. The summed E-state index contributed by atoms with van der Waals surface area (Å²) in [4.78, 5) is 30.1. The number of carbonyl (C=O) groups excluding carboxylic acids is 2. The van der Waals surface area contributed by atoms with Crippen molar-refractivity contribution in [3.05, 3.63) is 59.4 Å². The molecule has 2 atom stereocenters. The number of nitrogens with one attached hydrogen (secondary N) is 2. The van der Waals surface area contributed by atoms with Crippen molar-refractivity contribution >= 4 is 17.5 Å². The second-order valence-electron chi connectivity index (χ2n) is 10.7. The van der Waals surface area contributed by atoms with Crippen LogP contribution in [-0.2, 0) is 27.4 Å². The van der Waals surface area contributed by atoms with Crippen molar-refractivity contribution in [2.24, 2.45) is 11.8 Å². The standard InChI is InChI=1S/C30H39FN4O4/c31-26-5-1-3-22(15-26)18-33-29(36)17-23-8-9-35-21-24(23)4-2-12-39-28-7-6-27(34-10-13-38-14-11-34)16-25(28)19-32-20-30(35)37/h1,3,5-7,15-16,23-24,32H,2,4,8-14,17-21H2,(H,33,36)/t23-,24-/m0/s1. The predicted octanol–water partition coefficient (Wildman–Crippen LogP) is 3.10. The number of fused-ring (bicyclic) bond motifs is 3. The number of piperidine rings is 1. The first-order valence-corrected chi connectivity index (χ1v) is 14.1. The summed E-state index contributed by atoms with van der Waals surface area (Å²) < 4.78 is 25.2. The highest BCUT2D eigenvalue weighted by molar-refractivity contribution is 5.79. The Morgan fingerprint density at radius 1 is 1.03 bits per heavy atom. The number of morpholine rings is 1. The van der Waals surface area contributed by atoms with Gasteiger partial charge in [0.25, 0.3) is 0 Å². The third-order valence-electron chi connectivity index (χ3n) is 8.06. The molecule has 0 saturated carbocycles. The average Bonchev–Trinajstić information content (AvgIpc) is 2.96. The van der Waals surface area contributed by atoms with Crippen molar-refractivity contribution in [1.82, 2.24) is 15.5 Å². The van der Waals surface area contributed by atoms with Crippen LogP contribution in [0.2, 0.25) is 0 Å². The number of rotatable bonds is 5. The normalized spacial score (nSPS) is 22.5. The van der Waals surface area contributed by atoms with Gasteiger partial charge in [0.2, 0.25) is 11.8 Å². The maximum atomic E-state index is 13.5. The smallest absolute Gasteiger partial charge is 0.236 e. The Hall–Kier alpha value is -3.17. The van der Waals surface area contributed by atoms with E-state index in [0.29, 0.717) is 39.2 Å². The number of anilines is 1. The van der Waals surface area contributed by atoms with Crippen LogP contribution in [-0.4, -0.2) is 69.3 Å². The lowest BCUT2D eigenvalue weighted by Crippen LogP contribution is -2.47. The highest BCUT2D eigenvalue weighted by Crippen LogP contribution is 2.31. The molecule has 39 heavy (non-hydrogen) atoms. The van der Waals surface area contributed by atoms with E-state index in [2.05, 4.69) is 27.7 Å². The Morgan fingerprint density at radius 2 is 1.90 bits per heavy atom. The van der Waals surface area contributed by atoms with Gasteiger partial charge in [-0.25, -0.2) is 4.39 Å². The van der Waals surface area contributed by atoms with Crippen LogP contribution in [0.5, 0.6) is 5.75 Å². The largest absolute Gasteiger partial charge is 0.493 e. The van der Waals surface area contributed by atoms with Gasteiger partial charge < -0.3 is 29.9 Å². The van der Waals surface area contributed by atoms with Crippen molar-refractivity contribution < 1.29 is 23.5 Å². The topological polar surface area (TPSA) is 83.1 Å². The molecule has 8 nitrogen and oxygen atoms in total. The minimum absolute atomic E-state index is 0.0325. The number of nitrogens with zero attached hydrogens (tertiary/aromatic N) is 2. The summed E-state index contributed by atoms with van der Waals surface area (Å²) in [5.74, 6) is 1.04. The van der Waals surface area contributed by atoms with Crippen molar-refractivity contribution in [1.29, 1.82) is 0 Å². The lowest BCUT2D eigenvalue weighted by Gasteiger charge is -2.38. The van der Waals surface area contributed by atoms with Crippen molar-refractivity contribution in [3.63, 3.8) is 0 Å². The van der Waals surface area contributed by atoms with Crippen LogP contribution in [0.4, 0.5) is 10.1 Å². The molecule has 2 bridgehead atoms. The van der Waals surface area contributed by atoms with Crippen LogP contribution >= 0.6 is 0 Å². The third-order valence-corrected chi connectivity index (χ3v) is 8.06. The average molecular weight is 539 g/mol. The SMILES string of the molecule is O=C(C[C@@H]1CCN2C[C@@H]1CCCOc1ccc(N3CCOCC3)cc1CNCC2=O)NCc1cccc(F)c1. The second-order valence-corrected chi connectivity index (χ2v) is 10.7. The molecule has 210 valence electrons. The van der Waals surface area contributed by atoms with Crippen LogP contribution in [0, 0.1) is 17.7 Å². The molecule has 2 aromatic rings. The van der Waals surface area contributed by atoms with Crippen LogP contribution in [0.1, 0.15) is 36.8 Å². The Bertz CT molecular complexity index is 1140. The summed E-state index contributed by atoms with van der Waals surface area (Å²) in [5.41, 5.74) is 2.95. The molecule has 0 aromatic heterocycles. The summed E-state index contributed by atoms with van der Waals surface area (Å²) in [6.07, 6.45) is 2.95. The van der Waals surface area contributed by atoms with Gasteiger partial charge in [-0.15, -0.1) is 0 Å². The Labute approximate surface area is 229 Å². The van der Waals surface area contributed by atoms with Gasteiger partial charge in [0.05, 0.1) is 26.4 Å². The van der Waals surface area contributed by atoms with E-state index in [-0.39, 0.29) is 36.0 Å². The summed E-state index contributed by atoms with van der Waals surface area (Å²) in [6, 6.07) is 12.6. The molecule has 0 aliphatic carbocycles. The molecule has 9 heteroatoms. The molecule has 3 aliphatic rings. The molecule has 2 amide bonds. The zero-order valence-electron chi connectivity index (χ0n) is 22.5. The van der Waals surface area contributed by atoms with E-state index in [0.717, 1.165) is 68.1 Å². The predicted molar refractivity (Wildman–Crippen MR) is 147 cm³/mol. The van der Waals surface area contributed by atoms with Gasteiger partial charge in [-0.1, -0.05) is 12.1 Å². The highest BCUT2D eigenvalue weighted by Gasteiger charge is 2.32. The fourth-order valence-electron chi connectivity index (χ4n) is 5.87. The number of hydrogen-bond donors (Lipinski definition) is 2. The van der Waals surface area contributed by atoms with E-state index in [1.807, 2.05) is 11.0 Å². The fourth-order valence-corrected chi connectivity index (χ4v) is 5.87. The fraction of sp³-hybridized carbons (Fsp3) is 0.533. The molecule has 3 aliphatic heterocycles. The molecule has 0 radical (unpaired) electrons. The van der Waals surface area contributed by atoms with Gasteiger partial charge in [-0.3, -0.25) is 9.59 Å². The maximum absolute atomic E-state index is 13.5. The molecule has 2 aromatic carbocycles. The number of benzene rings is 2. The lowest BCUT2D eigenvalue weighted by atomic mass is 9.80. The van der Waals surface area contributed by atoms with E-state index in [4.69, 9.17) is 9.47 Å². The number of carbonyl (C=O) groups is 2. The summed E-state index contributed by atoms with van der Waals surface area (Å²) in [7, 11) is 0. The van der Waals surface area contributed by atoms with E-state index in [9.17, 15) is 14.0 Å². The minimum atomic E-state index is -0.306. The molecular formula is C30H39FN4O4. The highest BCUT2D eigenvalue weighted by atomic mass is 19.1. The Morgan fingerprint density at radius 3 is 2.74 bits per heavy atom. The van der Waals surface area contributed by atoms with Gasteiger partial charge in [0, 0.05) is 56.9 Å². The first-order valence-electron chi connectivity index (χ1n) is 14.1. The monoisotopic (exact) mass is 538 g/mol. The third kappa shape index (κ3) is 7.48. The lowest BCUT2D eigenvalue weighted by molar-refractivity contribution is -0.133. The molecule has 2 saturated heterocycles. The number of halogens is 1. The summed E-state index contributed by atoms with van der Waals surface area (Å²) in [5, 5.41) is 6.28. The van der Waals surface area contributed by atoms with E-state index in [1.165, 1.54) is 12.1 Å². The first kappa shape index (κ1) is 27.4. The molecule has 2 N–H and O–H groups in total. The van der Waals surface area contributed by atoms with Gasteiger partial charge in [-0.05, 0) is 67.0 Å². The molecule has 3 heterocycles. The van der Waals surface area contributed by atoms with Crippen LogP contribution in [0.25, 0.3) is 0 Å². The van der Waals surface area contributed by atoms with Crippen LogP contribution in [0.3, 0.4) is 0 Å². The Kier molecular flexibility index (Phi) is 9.32. The van der Waals surface area contributed by atoms with E-state index < -0.39 is 0 Å². The molecule has 2 fully saturated rings. The zero-order valence-corrected chi connectivity index (χ0v) is 22.5. The summed E-state index contributed by atoms with van der Waals surface area (Å²) >= 11 is 0. The first-order chi connectivity index (χ1) is 19.0. The molecule has 0 unspecified atom stereocenters. The van der Waals surface area contributed by atoms with Crippen molar-refractivity contribution in [3.8, 4) is 5.75 Å². The zero-order chi connectivity index (χ0) is 27.0. The van der Waals surface area contributed by atoms with Crippen LogP contribution < -0.4 is 20.3 Å². The number of hydrogen-bond acceptors (Lipinski definition) is 6. The van der Waals surface area contributed by atoms with Crippen molar-refractivity contribution in [2.45, 2.75) is 38.8 Å². The van der Waals surface area contributed by atoms with Crippen molar-refractivity contribution in [2.75, 3.05) is 57.4 Å². The Balaban J connectivity index is 1.20. The van der Waals surface area contributed by atoms with Gasteiger partial charge in [-0.2, -0.15) is 0 Å². The number of ether oxygens (including phenoxy) is 2. The van der Waals surface area contributed by atoms with E-state index in [1.54, 1.807) is 12.1 Å². The number of amides is 2. The van der Waals surface area contributed by atoms with Gasteiger partial charge >= 0.3 is 0 Å². The minimum Gasteiger partial charge on any atom is -0.493 e. The quantitative estimate of drug-likeness (QED) is 0.609. The van der Waals surface area contributed by atoms with E-state index >= 15 is 0 Å². The molecule has 5 rings (SSSR count). The van der Waals surface area contributed by atoms with Gasteiger partial charge in [0.1, 0.15) is 11.6 Å². The second kappa shape index (κ2) is 13.3. The molecule has 0 spiro atoms. The van der Waals surface area contributed by atoms with Crippen LogP contribution in [0.15, 0.2) is 42.5 Å².